The smallest absolute Gasteiger partial charge is 0.130 e. The summed E-state index contributed by atoms with van der Waals surface area (Å²) < 4.78 is 5.41. The van der Waals surface area contributed by atoms with E-state index in [0.29, 0.717) is 0 Å². The van der Waals surface area contributed by atoms with E-state index in [0.717, 1.165) is 16.8 Å². The van der Waals surface area contributed by atoms with Gasteiger partial charge in [0.2, 0.25) is 0 Å². The fraction of sp³-hybridized carbons (Fsp3) is 0.0417. The second kappa shape index (κ2) is 6.53. The highest BCUT2D eigenvalue weighted by Gasteiger charge is 2.16. The van der Waals surface area contributed by atoms with E-state index in [1.807, 2.05) is 11.4 Å². The largest absolute Gasteiger partial charge is 0.496 e. The van der Waals surface area contributed by atoms with Crippen LogP contribution in [0.4, 0.5) is 0 Å². The molecule has 0 aliphatic heterocycles. The van der Waals surface area contributed by atoms with Crippen LogP contribution in [-0.4, -0.2) is 12.1 Å². The Kier molecular flexibility index (Phi) is 3.88. The molecule has 0 saturated carbocycles. The number of aromatic nitrogens is 1. The van der Waals surface area contributed by atoms with E-state index < -0.39 is 0 Å². The highest BCUT2D eigenvalue weighted by atomic mass is 32.1. The molecule has 5 rings (SSSR count). The number of ether oxygens (including phenoxy) is 1. The first kappa shape index (κ1) is 16.0. The Morgan fingerprint density at radius 1 is 0.815 bits per heavy atom. The van der Waals surface area contributed by atoms with E-state index in [4.69, 9.17) is 9.72 Å². The highest BCUT2D eigenvalue weighted by molar-refractivity contribution is 7.14. The molecule has 0 fully saturated rings. The number of hydrogen-bond acceptors (Lipinski definition) is 3. The number of fused-ring (bicyclic) bond motifs is 2. The predicted octanol–water partition coefficient (Wildman–Crippen LogP) is 6.79. The van der Waals surface area contributed by atoms with Gasteiger partial charge in [-0.15, -0.1) is 11.3 Å². The van der Waals surface area contributed by atoms with Crippen molar-refractivity contribution in [2.75, 3.05) is 7.11 Å². The lowest BCUT2D eigenvalue weighted by molar-refractivity contribution is 0.417. The molecule has 0 aliphatic carbocycles. The van der Waals surface area contributed by atoms with Crippen LogP contribution in [0.25, 0.3) is 43.4 Å². The van der Waals surface area contributed by atoms with Crippen molar-refractivity contribution < 1.29 is 4.74 Å². The second-order valence-electron chi connectivity index (χ2n) is 6.42. The Morgan fingerprint density at radius 3 is 2.41 bits per heavy atom. The molecule has 3 heteroatoms. The number of methoxy groups -OCH3 is 1. The molecule has 2 heterocycles. The van der Waals surface area contributed by atoms with Gasteiger partial charge in [0.05, 0.1) is 18.1 Å². The average Bonchev–Trinajstić information content (AvgIpc) is 3.21. The van der Waals surface area contributed by atoms with Gasteiger partial charge in [0, 0.05) is 32.2 Å². The van der Waals surface area contributed by atoms with Gasteiger partial charge in [-0.2, -0.15) is 0 Å². The molecule has 2 nitrogen and oxygen atoms in total. The van der Waals surface area contributed by atoms with Gasteiger partial charge in [-0.25, -0.2) is 4.98 Å². The highest BCUT2D eigenvalue weighted by Crippen LogP contribution is 2.42. The molecule has 0 saturated heterocycles. The van der Waals surface area contributed by atoms with Gasteiger partial charge in [-0.3, -0.25) is 0 Å². The van der Waals surface area contributed by atoms with Crippen molar-refractivity contribution in [2.45, 2.75) is 0 Å². The van der Waals surface area contributed by atoms with Gasteiger partial charge in [-0.1, -0.05) is 60.7 Å². The van der Waals surface area contributed by atoms with Crippen LogP contribution in [0, 0.1) is 0 Å². The summed E-state index contributed by atoms with van der Waals surface area (Å²) >= 11 is 1.70. The van der Waals surface area contributed by atoms with Gasteiger partial charge in [-0.05, 0) is 23.8 Å². The number of pyridine rings is 1. The van der Waals surface area contributed by atoms with Crippen LogP contribution in [0.5, 0.6) is 5.75 Å². The minimum atomic E-state index is 0.891. The summed E-state index contributed by atoms with van der Waals surface area (Å²) in [7, 11) is 1.71. The van der Waals surface area contributed by atoms with Crippen LogP contribution in [0.2, 0.25) is 0 Å². The summed E-state index contributed by atoms with van der Waals surface area (Å²) in [5, 5.41) is 4.41. The van der Waals surface area contributed by atoms with Gasteiger partial charge in [0.25, 0.3) is 0 Å². The van der Waals surface area contributed by atoms with Gasteiger partial charge in [0.15, 0.2) is 0 Å². The van der Waals surface area contributed by atoms with E-state index in [9.17, 15) is 0 Å². The molecule has 0 amide bonds. The second-order valence-corrected chi connectivity index (χ2v) is 7.33. The van der Waals surface area contributed by atoms with Crippen molar-refractivity contribution in [3.05, 3.63) is 84.2 Å². The summed E-state index contributed by atoms with van der Waals surface area (Å²) in [6.45, 7) is 0. The molecule has 0 atom stereocenters. The first-order chi connectivity index (χ1) is 13.3. The maximum atomic E-state index is 5.41. The zero-order valence-corrected chi connectivity index (χ0v) is 15.7. The molecule has 0 radical (unpaired) electrons. The van der Waals surface area contributed by atoms with Crippen LogP contribution in [0.3, 0.4) is 0 Å². The minimum absolute atomic E-state index is 0.891. The van der Waals surface area contributed by atoms with Crippen LogP contribution >= 0.6 is 11.3 Å². The first-order valence-electron chi connectivity index (χ1n) is 8.85. The Hall–Kier alpha value is -3.17. The Morgan fingerprint density at radius 2 is 1.59 bits per heavy atom. The zero-order chi connectivity index (χ0) is 18.2. The molecule has 2 aromatic heterocycles. The quantitative estimate of drug-likeness (QED) is 0.327. The Bertz CT molecular complexity index is 1260. The normalized spacial score (nSPS) is 11.1. The number of para-hydroxylation sites is 1. The summed E-state index contributed by atoms with van der Waals surface area (Å²) in [5.41, 5.74) is 5.66. The molecule has 5 aromatic rings. The third-order valence-electron chi connectivity index (χ3n) is 4.85. The molecule has 3 aromatic carbocycles. The lowest BCUT2D eigenvalue weighted by atomic mass is 9.93. The number of thiophene rings is 1. The lowest BCUT2D eigenvalue weighted by Crippen LogP contribution is -1.91. The molecule has 130 valence electrons. The number of nitrogens with zero attached hydrogens (tertiary/aromatic N) is 1. The van der Waals surface area contributed by atoms with Crippen LogP contribution in [-0.2, 0) is 0 Å². The molecule has 0 bridgehead atoms. The topological polar surface area (TPSA) is 22.1 Å². The number of hydrogen-bond donors (Lipinski definition) is 0. The number of benzene rings is 3. The SMILES string of the molecule is COc1csc(-c2cccc3nc4ccccc4c(-c4ccccc4)c23)c1. The van der Waals surface area contributed by atoms with Gasteiger partial charge >= 0.3 is 0 Å². The van der Waals surface area contributed by atoms with Crippen LogP contribution in [0.15, 0.2) is 84.2 Å². The maximum absolute atomic E-state index is 5.41. The summed E-state index contributed by atoms with van der Waals surface area (Å²) in [6.07, 6.45) is 0. The van der Waals surface area contributed by atoms with Gasteiger partial charge < -0.3 is 4.74 Å². The molecular weight excluding hydrogens is 350 g/mol. The van der Waals surface area contributed by atoms with Crippen molar-refractivity contribution in [2.24, 2.45) is 0 Å². The average molecular weight is 367 g/mol. The van der Waals surface area contributed by atoms with E-state index >= 15 is 0 Å². The molecule has 27 heavy (non-hydrogen) atoms. The maximum Gasteiger partial charge on any atom is 0.130 e. The third-order valence-corrected chi connectivity index (χ3v) is 5.79. The molecule has 0 spiro atoms. The van der Waals surface area contributed by atoms with Crippen molar-refractivity contribution >= 4 is 33.1 Å². The fourth-order valence-corrected chi connectivity index (χ4v) is 4.51. The lowest BCUT2D eigenvalue weighted by Gasteiger charge is -2.14. The standard InChI is InChI=1S/C24H17NOS/c1-26-17-14-22(27-15-17)19-11-7-13-21-24(19)23(16-8-3-2-4-9-16)18-10-5-6-12-20(18)25-21/h2-15H,1H3. The monoisotopic (exact) mass is 367 g/mol. The van der Waals surface area contributed by atoms with Crippen LogP contribution < -0.4 is 4.74 Å². The van der Waals surface area contributed by atoms with Crippen molar-refractivity contribution in [3.8, 4) is 27.3 Å². The summed E-state index contributed by atoms with van der Waals surface area (Å²) in [4.78, 5) is 6.14. The fourth-order valence-electron chi connectivity index (χ4n) is 3.62. The van der Waals surface area contributed by atoms with Crippen molar-refractivity contribution in [1.29, 1.82) is 0 Å². The minimum Gasteiger partial charge on any atom is -0.496 e. The Balaban J connectivity index is 1.95. The molecule has 0 unspecified atom stereocenters. The number of rotatable bonds is 3. The summed E-state index contributed by atoms with van der Waals surface area (Å²) in [6, 6.07) is 27.4. The zero-order valence-electron chi connectivity index (χ0n) is 14.8. The van der Waals surface area contributed by atoms with Crippen LogP contribution in [0.1, 0.15) is 0 Å². The van der Waals surface area contributed by atoms with Crippen molar-refractivity contribution in [1.82, 2.24) is 4.98 Å². The predicted molar refractivity (Wildman–Crippen MR) is 115 cm³/mol. The van der Waals surface area contributed by atoms with E-state index in [1.54, 1.807) is 18.4 Å². The third kappa shape index (κ3) is 2.68. The molecule has 0 aliphatic rings. The van der Waals surface area contributed by atoms with E-state index in [1.165, 1.54) is 32.3 Å². The van der Waals surface area contributed by atoms with E-state index in [2.05, 4.69) is 72.8 Å². The first-order valence-corrected chi connectivity index (χ1v) is 9.73. The molecule has 0 N–H and O–H groups in total. The summed E-state index contributed by atoms with van der Waals surface area (Å²) in [5.74, 6) is 0.891. The van der Waals surface area contributed by atoms with Gasteiger partial charge in [0.1, 0.15) is 5.75 Å². The Labute approximate surface area is 161 Å². The van der Waals surface area contributed by atoms with Crippen molar-refractivity contribution in [3.63, 3.8) is 0 Å². The molecular formula is C24H17NOS. The van der Waals surface area contributed by atoms with E-state index in [-0.39, 0.29) is 0 Å².